The topological polar surface area (TPSA) is 47.1 Å². The molecule has 98 valence electrons. The molecule has 1 unspecified atom stereocenters. The fraction of sp³-hybridized carbons (Fsp3) is 0.750. The molecule has 0 aromatic carbocycles. The summed E-state index contributed by atoms with van der Waals surface area (Å²) in [7, 11) is 0. The third-order valence-electron chi connectivity index (χ3n) is 3.25. The van der Waals surface area contributed by atoms with E-state index in [1.54, 1.807) is 0 Å². The molecular weight excluding hydrogens is 236 g/mol. The van der Waals surface area contributed by atoms with Crippen molar-refractivity contribution in [1.82, 2.24) is 14.7 Å². The highest BCUT2D eigenvalue weighted by Crippen LogP contribution is 2.16. The Balaban J connectivity index is 0.00000144. The van der Waals surface area contributed by atoms with Crippen molar-refractivity contribution in [2.45, 2.75) is 45.8 Å². The van der Waals surface area contributed by atoms with E-state index in [1.807, 2.05) is 4.68 Å². The Morgan fingerprint density at radius 2 is 2.24 bits per heavy atom. The van der Waals surface area contributed by atoms with Crippen molar-refractivity contribution >= 4 is 12.4 Å². The first kappa shape index (κ1) is 14.5. The van der Waals surface area contributed by atoms with E-state index in [0.29, 0.717) is 12.1 Å². The van der Waals surface area contributed by atoms with E-state index in [0.717, 1.165) is 31.7 Å². The van der Waals surface area contributed by atoms with Gasteiger partial charge >= 0.3 is 0 Å². The molecule has 2 N–H and O–H groups in total. The highest BCUT2D eigenvalue weighted by Gasteiger charge is 2.20. The van der Waals surface area contributed by atoms with E-state index in [-0.39, 0.29) is 12.4 Å². The molecule has 1 saturated heterocycles. The van der Waals surface area contributed by atoms with Crippen LogP contribution in [0.25, 0.3) is 0 Å². The Morgan fingerprint density at radius 1 is 1.53 bits per heavy atom. The van der Waals surface area contributed by atoms with E-state index in [9.17, 15) is 0 Å². The second-order valence-corrected chi connectivity index (χ2v) is 5.10. The van der Waals surface area contributed by atoms with Gasteiger partial charge in [0.2, 0.25) is 0 Å². The van der Waals surface area contributed by atoms with Gasteiger partial charge in [0.15, 0.2) is 0 Å². The zero-order chi connectivity index (χ0) is 11.7. The minimum Gasteiger partial charge on any atom is -0.326 e. The molecule has 0 saturated carbocycles. The van der Waals surface area contributed by atoms with E-state index >= 15 is 0 Å². The molecule has 2 rings (SSSR count). The summed E-state index contributed by atoms with van der Waals surface area (Å²) < 4.78 is 2.04. The predicted octanol–water partition coefficient (Wildman–Crippen LogP) is 1.73. The second-order valence-electron chi connectivity index (χ2n) is 5.10. The molecule has 1 atom stereocenters. The third kappa shape index (κ3) is 3.44. The Labute approximate surface area is 110 Å². The molecule has 0 bridgehead atoms. The molecule has 1 aliphatic rings. The van der Waals surface area contributed by atoms with E-state index in [2.05, 4.69) is 37.0 Å². The summed E-state index contributed by atoms with van der Waals surface area (Å²) in [6.45, 7) is 9.53. The summed E-state index contributed by atoms with van der Waals surface area (Å²) in [5, 5.41) is 4.53. The second kappa shape index (κ2) is 5.85. The number of likely N-dealkylation sites (tertiary alicyclic amines) is 1. The summed E-state index contributed by atoms with van der Waals surface area (Å²) in [5.74, 6) is 0. The van der Waals surface area contributed by atoms with Crippen LogP contribution >= 0.6 is 12.4 Å². The highest BCUT2D eigenvalue weighted by atomic mass is 35.5. The number of rotatable bonds is 3. The Morgan fingerprint density at radius 3 is 2.71 bits per heavy atom. The van der Waals surface area contributed by atoms with Gasteiger partial charge in [-0.2, -0.15) is 5.10 Å². The summed E-state index contributed by atoms with van der Waals surface area (Å²) in [6.07, 6.45) is 3.29. The first-order valence-electron chi connectivity index (χ1n) is 6.09. The first-order valence-corrected chi connectivity index (χ1v) is 6.09. The number of hydrogen-bond acceptors (Lipinski definition) is 3. The Kier molecular flexibility index (Phi) is 4.98. The largest absolute Gasteiger partial charge is 0.326 e. The maximum Gasteiger partial charge on any atom is 0.0638 e. The summed E-state index contributed by atoms with van der Waals surface area (Å²) >= 11 is 0. The maximum absolute atomic E-state index is 5.91. The van der Waals surface area contributed by atoms with Crippen molar-refractivity contribution in [2.24, 2.45) is 5.73 Å². The van der Waals surface area contributed by atoms with Gasteiger partial charge in [-0.25, -0.2) is 0 Å². The molecule has 1 aromatic rings. The minimum absolute atomic E-state index is 0. The number of aryl methyl sites for hydroxylation is 1. The molecule has 0 aliphatic carbocycles. The van der Waals surface area contributed by atoms with Crippen molar-refractivity contribution in [1.29, 1.82) is 0 Å². The standard InChI is InChI=1S/C12H22N4.ClH/c1-9(2)16-7-11(10(3)14-16)6-15-5-4-12(13)8-15;/h7,9,12H,4-6,8,13H2,1-3H3;1H. The van der Waals surface area contributed by atoms with Crippen LogP contribution in [0.2, 0.25) is 0 Å². The van der Waals surface area contributed by atoms with Crippen LogP contribution in [0.15, 0.2) is 6.20 Å². The summed E-state index contributed by atoms with van der Waals surface area (Å²) in [5.41, 5.74) is 8.39. The van der Waals surface area contributed by atoms with Gasteiger partial charge in [0.25, 0.3) is 0 Å². The van der Waals surface area contributed by atoms with Gasteiger partial charge < -0.3 is 5.73 Å². The van der Waals surface area contributed by atoms with Crippen LogP contribution in [0, 0.1) is 6.92 Å². The number of nitrogens with zero attached hydrogens (tertiary/aromatic N) is 3. The molecule has 0 spiro atoms. The molecule has 17 heavy (non-hydrogen) atoms. The minimum atomic E-state index is 0. The van der Waals surface area contributed by atoms with Gasteiger partial charge in [-0.1, -0.05) is 0 Å². The van der Waals surface area contributed by atoms with E-state index < -0.39 is 0 Å². The van der Waals surface area contributed by atoms with Crippen molar-refractivity contribution in [3.8, 4) is 0 Å². The lowest BCUT2D eigenvalue weighted by Crippen LogP contribution is -2.26. The van der Waals surface area contributed by atoms with Crippen molar-refractivity contribution in [2.75, 3.05) is 13.1 Å². The van der Waals surface area contributed by atoms with Crippen molar-refractivity contribution < 1.29 is 0 Å². The quantitative estimate of drug-likeness (QED) is 0.898. The lowest BCUT2D eigenvalue weighted by molar-refractivity contribution is 0.326. The van der Waals surface area contributed by atoms with Crippen LogP contribution in [0.1, 0.15) is 37.6 Å². The number of hydrogen-bond donors (Lipinski definition) is 1. The van der Waals surface area contributed by atoms with Gasteiger partial charge in [-0.05, 0) is 27.2 Å². The SMILES string of the molecule is Cc1nn(C(C)C)cc1CN1CCC(N)C1.Cl. The molecule has 1 aromatic heterocycles. The predicted molar refractivity (Wildman–Crippen MR) is 72.5 cm³/mol. The maximum atomic E-state index is 5.91. The van der Waals surface area contributed by atoms with Crippen LogP contribution in [-0.2, 0) is 6.54 Å². The normalized spacial score (nSPS) is 20.9. The molecule has 1 aliphatic heterocycles. The van der Waals surface area contributed by atoms with Crippen LogP contribution in [0.3, 0.4) is 0 Å². The molecular formula is C12H23ClN4. The Bertz CT molecular complexity index is 361. The van der Waals surface area contributed by atoms with Gasteiger partial charge in [0.05, 0.1) is 5.69 Å². The fourth-order valence-electron chi connectivity index (χ4n) is 2.19. The van der Waals surface area contributed by atoms with Crippen molar-refractivity contribution in [3.05, 3.63) is 17.5 Å². The van der Waals surface area contributed by atoms with Gasteiger partial charge in [0.1, 0.15) is 0 Å². The lowest BCUT2D eigenvalue weighted by atomic mass is 10.2. The van der Waals surface area contributed by atoms with E-state index in [4.69, 9.17) is 5.73 Å². The molecule has 5 heteroatoms. The smallest absolute Gasteiger partial charge is 0.0638 e. The number of aromatic nitrogens is 2. The zero-order valence-corrected chi connectivity index (χ0v) is 11.7. The highest BCUT2D eigenvalue weighted by molar-refractivity contribution is 5.85. The number of halogens is 1. The van der Waals surface area contributed by atoms with Gasteiger partial charge in [-0.3, -0.25) is 9.58 Å². The van der Waals surface area contributed by atoms with Crippen LogP contribution in [0.5, 0.6) is 0 Å². The van der Waals surface area contributed by atoms with Crippen LogP contribution < -0.4 is 5.73 Å². The van der Waals surface area contributed by atoms with Crippen molar-refractivity contribution in [3.63, 3.8) is 0 Å². The van der Waals surface area contributed by atoms with E-state index in [1.165, 1.54) is 5.56 Å². The third-order valence-corrected chi connectivity index (χ3v) is 3.25. The molecule has 0 amide bonds. The van der Waals surface area contributed by atoms with Crippen LogP contribution in [0.4, 0.5) is 0 Å². The molecule has 0 radical (unpaired) electrons. The monoisotopic (exact) mass is 258 g/mol. The molecule has 1 fully saturated rings. The number of nitrogens with two attached hydrogens (primary N) is 1. The first-order chi connectivity index (χ1) is 7.56. The molecule has 2 heterocycles. The Hall–Kier alpha value is -0.580. The lowest BCUT2D eigenvalue weighted by Gasteiger charge is -2.14. The average Bonchev–Trinajstić information content (AvgIpc) is 2.75. The molecule has 4 nitrogen and oxygen atoms in total. The van der Waals surface area contributed by atoms with Gasteiger partial charge in [0, 0.05) is 43.5 Å². The van der Waals surface area contributed by atoms with Gasteiger partial charge in [-0.15, -0.1) is 12.4 Å². The fourth-order valence-corrected chi connectivity index (χ4v) is 2.19. The summed E-state index contributed by atoms with van der Waals surface area (Å²) in [6, 6.07) is 0.800. The average molecular weight is 259 g/mol. The zero-order valence-electron chi connectivity index (χ0n) is 10.9. The van der Waals surface area contributed by atoms with Crippen LogP contribution in [-0.4, -0.2) is 33.8 Å². The summed E-state index contributed by atoms with van der Waals surface area (Å²) in [4.78, 5) is 2.42.